The van der Waals surface area contributed by atoms with Gasteiger partial charge in [-0.3, -0.25) is 13.7 Å². The van der Waals surface area contributed by atoms with E-state index in [4.69, 9.17) is 5.73 Å². The molecule has 68 valence electrons. The zero-order chi connectivity index (χ0) is 8.91. The van der Waals surface area contributed by atoms with Crippen LogP contribution in [0.1, 0.15) is 13.8 Å². The summed E-state index contributed by atoms with van der Waals surface area (Å²) in [6, 6.07) is 0. The molecule has 0 aromatic carbocycles. The fourth-order valence-corrected chi connectivity index (χ4v) is 2.01. The van der Waals surface area contributed by atoms with Gasteiger partial charge in [-0.05, 0) is 0 Å². The standard InChI is InChI=1S/C6H16N2O2S/c1-3-11(10,4-2)8-5-6(7)9/h11H,3-5H2,1-2H3,(H2,7,9)(H,8,10). The highest BCUT2D eigenvalue weighted by atomic mass is 32.3. The molecule has 0 atom stereocenters. The second-order valence-electron chi connectivity index (χ2n) is 2.32. The van der Waals surface area contributed by atoms with Crippen LogP contribution in [0, 0.1) is 0 Å². The maximum absolute atomic E-state index is 11.5. The molecule has 0 aromatic heterocycles. The molecule has 11 heavy (non-hydrogen) atoms. The number of hydrogen-bond acceptors (Lipinski definition) is 2. The average molecular weight is 180 g/mol. The summed E-state index contributed by atoms with van der Waals surface area (Å²) in [5.41, 5.74) is 4.89. The number of primary amides is 1. The average Bonchev–Trinajstić information content (AvgIpc) is 2.00. The first-order valence-corrected chi connectivity index (χ1v) is 5.73. The third-order valence-corrected chi connectivity index (χ3v) is 4.34. The van der Waals surface area contributed by atoms with Gasteiger partial charge in [0.1, 0.15) is 0 Å². The highest BCUT2D eigenvalue weighted by molar-refractivity contribution is 8.01. The lowest BCUT2D eigenvalue weighted by atomic mass is 10.7. The number of rotatable bonds is 5. The highest BCUT2D eigenvalue weighted by Crippen LogP contribution is 1.96. The largest absolute Gasteiger partial charge is 0.369 e. The highest BCUT2D eigenvalue weighted by Gasteiger charge is 2.08. The van der Waals surface area contributed by atoms with Crippen LogP contribution in [-0.2, 0) is 14.9 Å². The second-order valence-corrected chi connectivity index (χ2v) is 5.68. The molecule has 0 rings (SSSR count). The number of nitrogens with one attached hydrogen (secondary N) is 1. The summed E-state index contributed by atoms with van der Waals surface area (Å²) in [5.74, 6) is 0.667. The first kappa shape index (κ1) is 10.6. The van der Waals surface area contributed by atoms with Crippen LogP contribution < -0.4 is 10.5 Å². The molecule has 0 saturated heterocycles. The van der Waals surface area contributed by atoms with Gasteiger partial charge in [0.15, 0.2) is 0 Å². The van der Waals surface area contributed by atoms with Crippen LogP contribution in [0.3, 0.4) is 0 Å². The minimum absolute atomic E-state index is 0.0129. The molecule has 0 unspecified atom stereocenters. The Hall–Kier alpha value is -0.420. The molecule has 0 heterocycles. The van der Waals surface area contributed by atoms with Gasteiger partial charge in [-0.2, -0.15) is 0 Å². The van der Waals surface area contributed by atoms with Crippen molar-refractivity contribution >= 4 is 16.0 Å². The topological polar surface area (TPSA) is 72.2 Å². The van der Waals surface area contributed by atoms with Crippen molar-refractivity contribution in [2.75, 3.05) is 18.1 Å². The maximum Gasteiger partial charge on any atom is 0.232 e. The minimum Gasteiger partial charge on any atom is -0.369 e. The summed E-state index contributed by atoms with van der Waals surface area (Å²) in [5, 5.41) is 0. The van der Waals surface area contributed by atoms with Crippen LogP contribution in [0.4, 0.5) is 0 Å². The predicted octanol–water partition coefficient (Wildman–Crippen LogP) is -0.967. The SMILES string of the molecule is CC[SH](=O)(CC)NCC(N)=O. The Morgan fingerprint density at radius 2 is 1.91 bits per heavy atom. The second kappa shape index (κ2) is 4.46. The summed E-state index contributed by atoms with van der Waals surface area (Å²) >= 11 is 0. The lowest BCUT2D eigenvalue weighted by Gasteiger charge is -2.20. The van der Waals surface area contributed by atoms with Crippen LogP contribution in [0.15, 0.2) is 0 Å². The van der Waals surface area contributed by atoms with Gasteiger partial charge in [-0.25, -0.2) is 0 Å². The number of hydrogen-bond donors (Lipinski definition) is 3. The van der Waals surface area contributed by atoms with Crippen molar-refractivity contribution < 1.29 is 9.00 Å². The Balaban J connectivity index is 3.89. The van der Waals surface area contributed by atoms with Crippen LogP contribution in [0.5, 0.6) is 0 Å². The molecule has 5 heteroatoms. The number of thiol groups is 1. The van der Waals surface area contributed by atoms with E-state index in [-0.39, 0.29) is 6.54 Å². The van der Waals surface area contributed by atoms with Crippen LogP contribution >= 0.6 is 0 Å². The lowest BCUT2D eigenvalue weighted by Crippen LogP contribution is -2.40. The van der Waals surface area contributed by atoms with Crippen LogP contribution in [0.25, 0.3) is 0 Å². The molecule has 4 nitrogen and oxygen atoms in total. The molecular weight excluding hydrogens is 164 g/mol. The molecule has 0 aliphatic heterocycles. The third-order valence-electron chi connectivity index (χ3n) is 1.56. The van der Waals surface area contributed by atoms with Gasteiger partial charge in [-0.1, -0.05) is 24.0 Å². The summed E-state index contributed by atoms with van der Waals surface area (Å²) < 4.78 is 14.2. The Kier molecular flexibility index (Phi) is 4.29. The Labute approximate surface area is 68.1 Å². The monoisotopic (exact) mass is 180 g/mol. The van der Waals surface area contributed by atoms with Crippen molar-refractivity contribution in [3.05, 3.63) is 0 Å². The number of carbonyl (C=O) groups excluding carboxylic acids is 1. The number of nitrogens with two attached hydrogens (primary N) is 1. The van der Waals surface area contributed by atoms with Crippen molar-refractivity contribution in [1.29, 1.82) is 0 Å². The molecule has 0 bridgehead atoms. The van der Waals surface area contributed by atoms with Crippen molar-refractivity contribution in [3.63, 3.8) is 0 Å². The fraction of sp³-hybridized carbons (Fsp3) is 0.833. The smallest absolute Gasteiger partial charge is 0.232 e. The predicted molar refractivity (Wildman–Crippen MR) is 47.8 cm³/mol. The first-order chi connectivity index (χ1) is 5.04. The first-order valence-electron chi connectivity index (χ1n) is 3.65. The van der Waals surface area contributed by atoms with E-state index in [9.17, 15) is 9.00 Å². The van der Waals surface area contributed by atoms with Gasteiger partial charge in [0.2, 0.25) is 5.91 Å². The Morgan fingerprint density at radius 1 is 1.45 bits per heavy atom. The van der Waals surface area contributed by atoms with Gasteiger partial charge in [0.25, 0.3) is 0 Å². The normalized spacial score (nSPS) is 12.9. The van der Waals surface area contributed by atoms with E-state index in [1.807, 2.05) is 13.8 Å². The van der Waals surface area contributed by atoms with Gasteiger partial charge < -0.3 is 5.73 Å². The van der Waals surface area contributed by atoms with Gasteiger partial charge in [-0.15, -0.1) is 0 Å². The van der Waals surface area contributed by atoms with Crippen molar-refractivity contribution in [1.82, 2.24) is 4.72 Å². The zero-order valence-electron chi connectivity index (χ0n) is 6.96. The number of carbonyl (C=O) groups is 1. The quantitative estimate of drug-likeness (QED) is 0.476. The van der Waals surface area contributed by atoms with Crippen molar-refractivity contribution in [2.45, 2.75) is 13.8 Å². The van der Waals surface area contributed by atoms with Crippen molar-refractivity contribution in [3.8, 4) is 0 Å². The summed E-state index contributed by atoms with van der Waals surface area (Å²) in [7, 11) is -2.29. The Bertz CT molecular complexity index is 173. The molecule has 3 N–H and O–H groups in total. The van der Waals surface area contributed by atoms with Gasteiger partial charge in [0, 0.05) is 11.5 Å². The molecule has 1 amide bonds. The summed E-state index contributed by atoms with van der Waals surface area (Å²) in [6.45, 7) is 3.68. The van der Waals surface area contributed by atoms with Crippen LogP contribution in [0.2, 0.25) is 0 Å². The maximum atomic E-state index is 11.5. The van der Waals surface area contributed by atoms with Gasteiger partial charge >= 0.3 is 0 Å². The lowest BCUT2D eigenvalue weighted by molar-refractivity contribution is -0.116. The van der Waals surface area contributed by atoms with Crippen LogP contribution in [-0.4, -0.2) is 28.2 Å². The molecule has 0 fully saturated rings. The molecular formula is C6H16N2O2S. The molecule has 0 aromatic rings. The van der Waals surface area contributed by atoms with E-state index in [2.05, 4.69) is 4.72 Å². The van der Waals surface area contributed by atoms with E-state index in [0.717, 1.165) is 0 Å². The third kappa shape index (κ3) is 4.10. The number of amides is 1. The zero-order valence-corrected chi connectivity index (χ0v) is 7.86. The van der Waals surface area contributed by atoms with Gasteiger partial charge in [0.05, 0.1) is 6.54 Å². The van der Waals surface area contributed by atoms with E-state index < -0.39 is 16.0 Å². The van der Waals surface area contributed by atoms with Crippen molar-refractivity contribution in [2.24, 2.45) is 5.73 Å². The Morgan fingerprint density at radius 3 is 2.18 bits per heavy atom. The van der Waals surface area contributed by atoms with E-state index in [1.54, 1.807) is 0 Å². The molecule has 0 aliphatic rings. The molecule has 0 aliphatic carbocycles. The van der Waals surface area contributed by atoms with E-state index >= 15 is 0 Å². The fourth-order valence-electron chi connectivity index (χ4n) is 0.669. The van der Waals surface area contributed by atoms with E-state index in [1.165, 1.54) is 0 Å². The van der Waals surface area contributed by atoms with E-state index in [0.29, 0.717) is 11.5 Å². The molecule has 0 saturated carbocycles. The molecule has 0 spiro atoms. The molecule has 0 radical (unpaired) electrons. The summed E-state index contributed by atoms with van der Waals surface area (Å²) in [4.78, 5) is 10.3. The minimum atomic E-state index is -2.29. The summed E-state index contributed by atoms with van der Waals surface area (Å²) in [6.07, 6.45) is 0.